The molecule has 0 bridgehead atoms. The molecular formula is C10H15ClN2. The Hall–Kier alpha value is -0.570. The summed E-state index contributed by atoms with van der Waals surface area (Å²) in [7, 11) is 1.97. The molecule has 1 heterocycles. The maximum atomic E-state index is 3.16. The Morgan fingerprint density at radius 3 is 2.62 bits per heavy atom. The molecule has 2 nitrogen and oxygen atoms in total. The quantitative estimate of drug-likeness (QED) is 0.741. The summed E-state index contributed by atoms with van der Waals surface area (Å²) in [5, 5.41) is 2.21. The van der Waals surface area contributed by atoms with Gasteiger partial charge >= 0.3 is 0 Å². The molecule has 0 atom stereocenters. The predicted octanol–water partition coefficient (Wildman–Crippen LogP) is 1.87. The maximum absolute atomic E-state index is 3.16. The molecule has 0 aromatic heterocycles. The maximum Gasteiger partial charge on any atom is 0.0388 e. The van der Waals surface area contributed by atoms with Gasteiger partial charge in [0.15, 0.2) is 0 Å². The fraction of sp³-hybridized carbons (Fsp3) is 0.400. The number of rotatable bonds is 1. The van der Waals surface area contributed by atoms with Gasteiger partial charge in [0.2, 0.25) is 0 Å². The summed E-state index contributed by atoms with van der Waals surface area (Å²) in [5.74, 6) is 0. The number of nitrogens with one attached hydrogen (secondary N) is 1. The van der Waals surface area contributed by atoms with E-state index in [1.807, 2.05) is 7.05 Å². The van der Waals surface area contributed by atoms with Crippen LogP contribution in [-0.4, -0.2) is 12.1 Å². The van der Waals surface area contributed by atoms with Crippen LogP contribution >= 0.6 is 12.4 Å². The summed E-state index contributed by atoms with van der Waals surface area (Å²) in [5.41, 5.74) is 7.43. The van der Waals surface area contributed by atoms with E-state index in [1.54, 1.807) is 0 Å². The van der Waals surface area contributed by atoms with E-state index in [9.17, 15) is 0 Å². The van der Waals surface area contributed by atoms with Crippen LogP contribution in [0.25, 0.3) is 0 Å². The summed E-state index contributed by atoms with van der Waals surface area (Å²) in [6.07, 6.45) is 0. The van der Waals surface area contributed by atoms with Gasteiger partial charge in [0, 0.05) is 13.1 Å². The van der Waals surface area contributed by atoms with E-state index in [0.29, 0.717) is 0 Å². The van der Waals surface area contributed by atoms with Crippen molar-refractivity contribution in [2.45, 2.75) is 20.0 Å². The van der Waals surface area contributed by atoms with E-state index in [-0.39, 0.29) is 12.4 Å². The third kappa shape index (κ3) is 2.02. The molecule has 1 aliphatic rings. The number of fused-ring (bicyclic) bond motifs is 1. The van der Waals surface area contributed by atoms with E-state index >= 15 is 0 Å². The van der Waals surface area contributed by atoms with Crippen molar-refractivity contribution < 1.29 is 0 Å². The van der Waals surface area contributed by atoms with Gasteiger partial charge in [-0.2, -0.15) is 0 Å². The van der Waals surface area contributed by atoms with Gasteiger partial charge in [0.25, 0.3) is 0 Å². The molecule has 3 heteroatoms. The highest BCUT2D eigenvalue weighted by Gasteiger charge is 2.16. The smallest absolute Gasteiger partial charge is 0.0388 e. The van der Waals surface area contributed by atoms with Crippen molar-refractivity contribution in [2.24, 2.45) is 0 Å². The lowest BCUT2D eigenvalue weighted by molar-refractivity contribution is 0.212. The second-order valence-electron chi connectivity index (χ2n) is 3.35. The minimum absolute atomic E-state index is 0. The van der Waals surface area contributed by atoms with E-state index < -0.39 is 0 Å². The Bertz CT molecular complexity index is 299. The van der Waals surface area contributed by atoms with Gasteiger partial charge in [-0.3, -0.25) is 5.43 Å². The van der Waals surface area contributed by atoms with Crippen LogP contribution in [0.15, 0.2) is 18.2 Å². The van der Waals surface area contributed by atoms with Gasteiger partial charge in [0.1, 0.15) is 0 Å². The lowest BCUT2D eigenvalue weighted by atomic mass is 10.1. The normalized spacial score (nSPS) is 15.2. The predicted molar refractivity (Wildman–Crippen MR) is 56.7 cm³/mol. The summed E-state index contributed by atoms with van der Waals surface area (Å²) in [6.45, 7) is 4.21. The van der Waals surface area contributed by atoms with Gasteiger partial charge in [-0.25, -0.2) is 5.01 Å². The van der Waals surface area contributed by atoms with Crippen LogP contribution in [-0.2, 0) is 13.1 Å². The van der Waals surface area contributed by atoms with Crippen LogP contribution in [0, 0.1) is 6.92 Å². The molecule has 1 aliphatic heterocycles. The van der Waals surface area contributed by atoms with Crippen molar-refractivity contribution in [1.29, 1.82) is 0 Å². The van der Waals surface area contributed by atoms with Gasteiger partial charge in [-0.15, -0.1) is 12.4 Å². The van der Waals surface area contributed by atoms with E-state index in [4.69, 9.17) is 0 Å². The molecule has 1 aromatic carbocycles. The number of hydrogen-bond donors (Lipinski definition) is 1. The number of benzene rings is 1. The molecule has 2 rings (SSSR count). The summed E-state index contributed by atoms with van der Waals surface area (Å²) < 4.78 is 0. The first-order valence-corrected chi connectivity index (χ1v) is 4.30. The molecule has 0 aliphatic carbocycles. The highest BCUT2D eigenvalue weighted by atomic mass is 35.5. The van der Waals surface area contributed by atoms with E-state index in [0.717, 1.165) is 13.1 Å². The Morgan fingerprint density at radius 1 is 1.23 bits per heavy atom. The minimum Gasteiger partial charge on any atom is -0.258 e. The van der Waals surface area contributed by atoms with Crippen molar-refractivity contribution in [2.75, 3.05) is 7.05 Å². The zero-order valence-corrected chi connectivity index (χ0v) is 8.82. The lowest BCUT2D eigenvalue weighted by Crippen LogP contribution is -2.29. The fourth-order valence-corrected chi connectivity index (χ4v) is 1.68. The van der Waals surface area contributed by atoms with Crippen LogP contribution in [0.4, 0.5) is 0 Å². The molecule has 72 valence electrons. The fourth-order valence-electron chi connectivity index (χ4n) is 1.68. The molecule has 0 saturated heterocycles. The van der Waals surface area contributed by atoms with Gasteiger partial charge < -0.3 is 0 Å². The zero-order chi connectivity index (χ0) is 8.55. The number of halogens is 1. The topological polar surface area (TPSA) is 15.3 Å². The number of aryl methyl sites for hydroxylation is 1. The Labute approximate surface area is 85.3 Å². The van der Waals surface area contributed by atoms with Crippen LogP contribution < -0.4 is 5.43 Å². The summed E-state index contributed by atoms with van der Waals surface area (Å²) in [6, 6.07) is 6.67. The molecule has 0 radical (unpaired) electrons. The molecule has 0 saturated carbocycles. The second kappa shape index (κ2) is 4.09. The third-order valence-corrected chi connectivity index (χ3v) is 2.40. The molecule has 0 spiro atoms. The first-order chi connectivity index (χ1) is 5.79. The highest BCUT2D eigenvalue weighted by Crippen LogP contribution is 2.21. The van der Waals surface area contributed by atoms with Crippen molar-refractivity contribution in [3.05, 3.63) is 34.9 Å². The number of nitrogens with zero attached hydrogens (tertiary/aromatic N) is 1. The average molecular weight is 199 g/mol. The Morgan fingerprint density at radius 2 is 1.92 bits per heavy atom. The molecule has 13 heavy (non-hydrogen) atoms. The summed E-state index contributed by atoms with van der Waals surface area (Å²) >= 11 is 0. The Balaban J connectivity index is 0.000000845. The van der Waals surface area contributed by atoms with Gasteiger partial charge in [0.05, 0.1) is 0 Å². The van der Waals surface area contributed by atoms with Crippen molar-refractivity contribution in [3.63, 3.8) is 0 Å². The third-order valence-electron chi connectivity index (χ3n) is 2.40. The van der Waals surface area contributed by atoms with Crippen molar-refractivity contribution in [3.8, 4) is 0 Å². The highest BCUT2D eigenvalue weighted by molar-refractivity contribution is 5.85. The van der Waals surface area contributed by atoms with Crippen LogP contribution in [0.5, 0.6) is 0 Å². The SMILES string of the molecule is CNN1Cc2ccc(C)cc2C1.Cl. The van der Waals surface area contributed by atoms with Gasteiger partial charge in [-0.1, -0.05) is 23.8 Å². The van der Waals surface area contributed by atoms with Crippen LogP contribution in [0.3, 0.4) is 0 Å². The van der Waals surface area contributed by atoms with Crippen LogP contribution in [0.1, 0.15) is 16.7 Å². The first kappa shape index (κ1) is 10.5. The monoisotopic (exact) mass is 198 g/mol. The molecule has 0 fully saturated rings. The molecule has 1 aromatic rings. The van der Waals surface area contributed by atoms with Crippen molar-refractivity contribution in [1.82, 2.24) is 10.4 Å². The van der Waals surface area contributed by atoms with Crippen molar-refractivity contribution >= 4 is 12.4 Å². The Kier molecular flexibility index (Phi) is 3.31. The molecule has 1 N–H and O–H groups in total. The standard InChI is InChI=1S/C10H14N2.ClH/c1-8-3-4-9-6-12(11-2)7-10(9)5-8;/h3-5,11H,6-7H2,1-2H3;1H. The van der Waals surface area contributed by atoms with Crippen LogP contribution in [0.2, 0.25) is 0 Å². The molecular weight excluding hydrogens is 184 g/mol. The number of hydrazine groups is 1. The lowest BCUT2D eigenvalue weighted by Gasteiger charge is -2.11. The second-order valence-corrected chi connectivity index (χ2v) is 3.35. The average Bonchev–Trinajstić information content (AvgIpc) is 2.46. The van der Waals surface area contributed by atoms with E-state index in [1.165, 1.54) is 16.7 Å². The summed E-state index contributed by atoms with van der Waals surface area (Å²) in [4.78, 5) is 0. The zero-order valence-electron chi connectivity index (χ0n) is 8.00. The number of hydrogen-bond acceptors (Lipinski definition) is 2. The molecule has 0 amide bonds. The molecule has 0 unspecified atom stereocenters. The van der Waals surface area contributed by atoms with E-state index in [2.05, 4.69) is 35.6 Å². The van der Waals surface area contributed by atoms with Gasteiger partial charge in [-0.05, 0) is 25.1 Å². The first-order valence-electron chi connectivity index (χ1n) is 4.30. The minimum atomic E-state index is 0. The largest absolute Gasteiger partial charge is 0.258 e.